The maximum absolute atomic E-state index is 12.6. The second-order valence-corrected chi connectivity index (χ2v) is 6.43. The molecule has 1 aliphatic carbocycles. The maximum Gasteiger partial charge on any atom is 0.263 e. The molecule has 1 aromatic carbocycles. The summed E-state index contributed by atoms with van der Waals surface area (Å²) in [6.07, 6.45) is 4.11. The van der Waals surface area contributed by atoms with Crippen LogP contribution >= 0.6 is 0 Å². The highest BCUT2D eigenvalue weighted by atomic mass is 19.3. The number of alkyl halides is 2. The SMILES string of the molecule is FC(F)c1ccc(CN2CCNCC23CCCCC3)cc1. The van der Waals surface area contributed by atoms with E-state index in [-0.39, 0.29) is 11.1 Å². The van der Waals surface area contributed by atoms with Gasteiger partial charge in [-0.15, -0.1) is 0 Å². The minimum atomic E-state index is -2.37. The highest BCUT2D eigenvalue weighted by molar-refractivity contribution is 5.23. The monoisotopic (exact) mass is 294 g/mol. The largest absolute Gasteiger partial charge is 0.314 e. The first kappa shape index (κ1) is 14.9. The van der Waals surface area contributed by atoms with E-state index in [1.807, 2.05) is 12.1 Å². The van der Waals surface area contributed by atoms with Crippen molar-refractivity contribution in [3.05, 3.63) is 35.4 Å². The second kappa shape index (κ2) is 6.41. The predicted molar refractivity (Wildman–Crippen MR) is 80.5 cm³/mol. The molecule has 1 heterocycles. The van der Waals surface area contributed by atoms with Crippen molar-refractivity contribution in [3.63, 3.8) is 0 Å². The topological polar surface area (TPSA) is 15.3 Å². The third kappa shape index (κ3) is 3.27. The van der Waals surface area contributed by atoms with Crippen molar-refractivity contribution >= 4 is 0 Å². The Kier molecular flexibility index (Phi) is 4.55. The Morgan fingerprint density at radius 2 is 1.81 bits per heavy atom. The molecule has 0 atom stereocenters. The molecule has 2 aliphatic rings. The molecular weight excluding hydrogens is 270 g/mol. The van der Waals surface area contributed by atoms with E-state index in [0.29, 0.717) is 0 Å². The molecule has 0 unspecified atom stereocenters. The van der Waals surface area contributed by atoms with Gasteiger partial charge in [0.2, 0.25) is 0 Å². The van der Waals surface area contributed by atoms with Crippen molar-refractivity contribution in [2.75, 3.05) is 19.6 Å². The molecular formula is C17H24F2N2. The first-order valence-electron chi connectivity index (χ1n) is 8.02. The van der Waals surface area contributed by atoms with Crippen LogP contribution in [0.5, 0.6) is 0 Å². The van der Waals surface area contributed by atoms with E-state index in [4.69, 9.17) is 0 Å². The summed E-state index contributed by atoms with van der Waals surface area (Å²) in [4.78, 5) is 2.58. The molecule has 1 aromatic rings. The first-order valence-corrected chi connectivity index (χ1v) is 8.02. The molecule has 4 heteroatoms. The van der Waals surface area contributed by atoms with Crippen LogP contribution in [0.25, 0.3) is 0 Å². The molecule has 1 spiro atoms. The third-order valence-corrected chi connectivity index (χ3v) is 5.07. The quantitative estimate of drug-likeness (QED) is 0.913. The highest BCUT2D eigenvalue weighted by Gasteiger charge is 2.39. The molecule has 0 bridgehead atoms. The van der Waals surface area contributed by atoms with E-state index in [2.05, 4.69) is 10.2 Å². The van der Waals surface area contributed by atoms with E-state index in [1.165, 1.54) is 32.1 Å². The van der Waals surface area contributed by atoms with Crippen molar-refractivity contribution in [2.24, 2.45) is 0 Å². The average Bonchev–Trinajstić information content (AvgIpc) is 2.51. The summed E-state index contributed by atoms with van der Waals surface area (Å²) in [5.41, 5.74) is 1.55. The summed E-state index contributed by atoms with van der Waals surface area (Å²) in [7, 11) is 0. The number of benzene rings is 1. The number of hydrogen-bond acceptors (Lipinski definition) is 2. The summed E-state index contributed by atoms with van der Waals surface area (Å²) in [5, 5.41) is 3.54. The van der Waals surface area contributed by atoms with Crippen molar-refractivity contribution in [1.82, 2.24) is 10.2 Å². The van der Waals surface area contributed by atoms with Crippen molar-refractivity contribution in [1.29, 1.82) is 0 Å². The van der Waals surface area contributed by atoms with E-state index >= 15 is 0 Å². The number of nitrogens with one attached hydrogen (secondary N) is 1. The van der Waals surface area contributed by atoms with E-state index in [1.54, 1.807) is 12.1 Å². The molecule has 0 radical (unpaired) electrons. The molecule has 1 aliphatic heterocycles. The lowest BCUT2D eigenvalue weighted by Crippen LogP contribution is -2.61. The van der Waals surface area contributed by atoms with Gasteiger partial charge in [0.15, 0.2) is 0 Å². The third-order valence-electron chi connectivity index (χ3n) is 5.07. The van der Waals surface area contributed by atoms with Crippen LogP contribution in [0.2, 0.25) is 0 Å². The van der Waals surface area contributed by atoms with Gasteiger partial charge >= 0.3 is 0 Å². The molecule has 0 amide bonds. The van der Waals surface area contributed by atoms with Crippen LogP contribution < -0.4 is 5.32 Å². The fourth-order valence-corrected chi connectivity index (χ4v) is 3.82. The summed E-state index contributed by atoms with van der Waals surface area (Å²) in [6.45, 7) is 4.03. The Bertz CT molecular complexity index is 444. The Balaban J connectivity index is 1.72. The molecule has 1 saturated heterocycles. The Labute approximate surface area is 125 Å². The molecule has 2 nitrogen and oxygen atoms in total. The van der Waals surface area contributed by atoms with Crippen molar-refractivity contribution in [3.8, 4) is 0 Å². The zero-order chi connectivity index (χ0) is 14.7. The fourth-order valence-electron chi connectivity index (χ4n) is 3.82. The maximum atomic E-state index is 12.6. The van der Waals surface area contributed by atoms with Crippen LogP contribution in [-0.4, -0.2) is 30.1 Å². The zero-order valence-corrected chi connectivity index (χ0v) is 12.5. The second-order valence-electron chi connectivity index (χ2n) is 6.43. The molecule has 21 heavy (non-hydrogen) atoms. The molecule has 1 saturated carbocycles. The van der Waals surface area contributed by atoms with E-state index in [9.17, 15) is 8.78 Å². The summed E-state index contributed by atoms with van der Waals surface area (Å²) in [6, 6.07) is 6.85. The summed E-state index contributed by atoms with van der Waals surface area (Å²) < 4.78 is 25.2. The lowest BCUT2D eigenvalue weighted by atomic mass is 9.79. The first-order chi connectivity index (χ1) is 10.2. The standard InChI is InChI=1S/C17H24F2N2/c18-16(19)15-6-4-14(5-7-15)12-21-11-10-20-13-17(21)8-2-1-3-9-17/h4-7,16,20H,1-3,8-13H2. The molecule has 2 fully saturated rings. The van der Waals surface area contributed by atoms with Gasteiger partial charge < -0.3 is 5.32 Å². The van der Waals surface area contributed by atoms with Gasteiger partial charge in [-0.25, -0.2) is 8.78 Å². The zero-order valence-electron chi connectivity index (χ0n) is 12.5. The van der Waals surface area contributed by atoms with Crippen molar-refractivity contribution < 1.29 is 8.78 Å². The van der Waals surface area contributed by atoms with Crippen LogP contribution in [0.15, 0.2) is 24.3 Å². The van der Waals surface area contributed by atoms with Crippen LogP contribution in [0, 0.1) is 0 Å². The van der Waals surface area contributed by atoms with Gasteiger partial charge in [-0.2, -0.15) is 0 Å². The summed E-state index contributed by atoms with van der Waals surface area (Å²) in [5.74, 6) is 0. The normalized spacial score (nSPS) is 22.8. The van der Waals surface area contributed by atoms with Gasteiger partial charge in [0.1, 0.15) is 0 Å². The minimum Gasteiger partial charge on any atom is -0.314 e. The lowest BCUT2D eigenvalue weighted by Gasteiger charge is -2.50. The number of rotatable bonds is 3. The number of nitrogens with zero attached hydrogens (tertiary/aromatic N) is 1. The number of halogens is 2. The van der Waals surface area contributed by atoms with E-state index < -0.39 is 6.43 Å². The van der Waals surface area contributed by atoms with Gasteiger partial charge in [0.05, 0.1) is 0 Å². The molecule has 3 rings (SSSR count). The van der Waals surface area contributed by atoms with Gasteiger partial charge in [-0.3, -0.25) is 4.90 Å². The number of piperazine rings is 1. The van der Waals surface area contributed by atoms with Crippen LogP contribution in [0.1, 0.15) is 49.7 Å². The number of hydrogen-bond donors (Lipinski definition) is 1. The Hall–Kier alpha value is -1.00. The van der Waals surface area contributed by atoms with Crippen molar-refractivity contribution in [2.45, 2.75) is 50.6 Å². The predicted octanol–water partition coefficient (Wildman–Crippen LogP) is 3.73. The van der Waals surface area contributed by atoms with Gasteiger partial charge in [-0.1, -0.05) is 43.5 Å². The van der Waals surface area contributed by atoms with Crippen LogP contribution in [0.4, 0.5) is 8.78 Å². The smallest absolute Gasteiger partial charge is 0.263 e. The average molecular weight is 294 g/mol. The van der Waals surface area contributed by atoms with Gasteiger partial charge in [0, 0.05) is 37.3 Å². The Morgan fingerprint density at radius 1 is 1.10 bits per heavy atom. The molecule has 0 aromatic heterocycles. The Morgan fingerprint density at radius 3 is 2.48 bits per heavy atom. The lowest BCUT2D eigenvalue weighted by molar-refractivity contribution is 0.0208. The minimum absolute atomic E-state index is 0.117. The van der Waals surface area contributed by atoms with Gasteiger partial charge in [-0.05, 0) is 18.4 Å². The van der Waals surface area contributed by atoms with Gasteiger partial charge in [0.25, 0.3) is 6.43 Å². The fraction of sp³-hybridized carbons (Fsp3) is 0.647. The molecule has 116 valence electrons. The van der Waals surface area contributed by atoms with Crippen LogP contribution in [0.3, 0.4) is 0 Å². The summed E-state index contributed by atoms with van der Waals surface area (Å²) >= 11 is 0. The molecule has 1 N–H and O–H groups in total. The van der Waals surface area contributed by atoms with E-state index in [0.717, 1.165) is 31.7 Å². The highest BCUT2D eigenvalue weighted by Crippen LogP contribution is 2.35. The van der Waals surface area contributed by atoms with Crippen LogP contribution in [-0.2, 0) is 6.54 Å².